The Balaban J connectivity index is 2.03. The predicted molar refractivity (Wildman–Crippen MR) is 88.2 cm³/mol. The van der Waals surface area contributed by atoms with Crippen LogP contribution >= 0.6 is 0 Å². The highest BCUT2D eigenvalue weighted by molar-refractivity contribution is 5.82. The Labute approximate surface area is 138 Å². The van der Waals surface area contributed by atoms with Crippen molar-refractivity contribution in [1.82, 2.24) is 19.4 Å². The molecule has 1 aliphatic rings. The van der Waals surface area contributed by atoms with Crippen LogP contribution in [0.3, 0.4) is 0 Å². The molecule has 1 aliphatic carbocycles. The fraction of sp³-hybridized carbons (Fsp3) is 0.500. The molecule has 0 spiro atoms. The molecular weight excluding hydrogens is 312 g/mol. The second-order valence-electron chi connectivity index (χ2n) is 5.99. The van der Waals surface area contributed by atoms with E-state index in [2.05, 4.69) is 10.3 Å². The molecule has 2 aromatic heterocycles. The molecule has 1 N–H and O–H groups in total. The molecule has 3 rings (SSSR count). The average molecular weight is 332 g/mol. The fourth-order valence-electron chi connectivity index (χ4n) is 3.18. The van der Waals surface area contributed by atoms with Crippen LogP contribution in [-0.4, -0.2) is 33.2 Å². The summed E-state index contributed by atoms with van der Waals surface area (Å²) in [5.41, 5.74) is -0.911. The van der Waals surface area contributed by atoms with Crippen molar-refractivity contribution in [2.75, 3.05) is 7.11 Å². The molecule has 0 aliphatic heterocycles. The molecule has 128 valence electrons. The summed E-state index contributed by atoms with van der Waals surface area (Å²) < 4.78 is 7.38. The van der Waals surface area contributed by atoms with Gasteiger partial charge in [-0.2, -0.15) is 0 Å². The zero-order chi connectivity index (χ0) is 17.3. The van der Waals surface area contributed by atoms with Gasteiger partial charge < -0.3 is 10.1 Å². The van der Waals surface area contributed by atoms with Gasteiger partial charge in [-0.15, -0.1) is 0 Å². The minimum absolute atomic E-state index is 0.133. The van der Waals surface area contributed by atoms with Crippen molar-refractivity contribution in [3.8, 4) is 5.75 Å². The summed E-state index contributed by atoms with van der Waals surface area (Å²) in [6.07, 6.45) is 5.52. The summed E-state index contributed by atoms with van der Waals surface area (Å²) in [4.78, 5) is 41.4. The molecular formula is C16H20N4O4. The number of aryl methyl sites for hydroxylation is 1. The number of aromatic nitrogens is 3. The third-order valence-electron chi connectivity index (χ3n) is 4.43. The van der Waals surface area contributed by atoms with E-state index in [1.807, 2.05) is 0 Å². The van der Waals surface area contributed by atoms with Crippen LogP contribution in [0.2, 0.25) is 0 Å². The standard InChI is InChI=1S/C16H20N4O4/c1-19-14-13(11(24-2)7-8-17-14)15(22)20(16(19)23)9-12(21)18-10-5-3-4-6-10/h7-8,10H,3-6,9H2,1-2H3,(H,18,21). The monoisotopic (exact) mass is 332 g/mol. The van der Waals surface area contributed by atoms with Crippen molar-refractivity contribution in [2.45, 2.75) is 38.3 Å². The van der Waals surface area contributed by atoms with Gasteiger partial charge in [-0.25, -0.2) is 14.3 Å². The van der Waals surface area contributed by atoms with Crippen LogP contribution in [0, 0.1) is 0 Å². The van der Waals surface area contributed by atoms with Gasteiger partial charge in [-0.1, -0.05) is 12.8 Å². The SMILES string of the molecule is COc1ccnc2c1c(=O)n(CC(=O)NC1CCCC1)c(=O)n2C. The van der Waals surface area contributed by atoms with Crippen LogP contribution in [0.15, 0.2) is 21.9 Å². The number of rotatable bonds is 4. The minimum Gasteiger partial charge on any atom is -0.496 e. The topological polar surface area (TPSA) is 95.2 Å². The van der Waals surface area contributed by atoms with E-state index in [1.54, 1.807) is 6.07 Å². The zero-order valence-electron chi connectivity index (χ0n) is 13.7. The van der Waals surface area contributed by atoms with Crippen molar-refractivity contribution in [2.24, 2.45) is 7.05 Å². The molecule has 0 saturated heterocycles. The molecule has 2 aromatic rings. The van der Waals surface area contributed by atoms with Crippen LogP contribution < -0.4 is 21.3 Å². The Morgan fingerprint density at radius 2 is 2.08 bits per heavy atom. The number of hydrogen-bond donors (Lipinski definition) is 1. The molecule has 0 atom stereocenters. The minimum atomic E-state index is -0.574. The lowest BCUT2D eigenvalue weighted by Crippen LogP contribution is -2.45. The highest BCUT2D eigenvalue weighted by Crippen LogP contribution is 2.19. The quantitative estimate of drug-likeness (QED) is 0.861. The van der Waals surface area contributed by atoms with Crippen molar-refractivity contribution < 1.29 is 9.53 Å². The van der Waals surface area contributed by atoms with Gasteiger partial charge in [0.15, 0.2) is 5.65 Å². The number of pyridine rings is 1. The molecule has 1 fully saturated rings. The third kappa shape index (κ3) is 2.79. The van der Waals surface area contributed by atoms with Crippen LogP contribution in [0.25, 0.3) is 11.0 Å². The van der Waals surface area contributed by atoms with E-state index in [4.69, 9.17) is 4.74 Å². The number of amides is 1. The molecule has 1 amide bonds. The van der Waals surface area contributed by atoms with E-state index in [1.165, 1.54) is 24.9 Å². The van der Waals surface area contributed by atoms with Crippen LogP contribution in [0.4, 0.5) is 0 Å². The second-order valence-corrected chi connectivity index (χ2v) is 5.99. The maximum Gasteiger partial charge on any atom is 0.332 e. The summed E-state index contributed by atoms with van der Waals surface area (Å²) in [5.74, 6) is -0.00569. The Morgan fingerprint density at radius 1 is 1.38 bits per heavy atom. The molecule has 2 heterocycles. The van der Waals surface area contributed by atoms with Crippen LogP contribution in [-0.2, 0) is 18.4 Å². The first kappa shape index (κ1) is 16.2. The van der Waals surface area contributed by atoms with Crippen molar-refractivity contribution >= 4 is 16.9 Å². The lowest BCUT2D eigenvalue weighted by atomic mass is 10.2. The molecule has 8 heteroatoms. The fourth-order valence-corrected chi connectivity index (χ4v) is 3.18. The van der Waals surface area contributed by atoms with Gasteiger partial charge in [-0.05, 0) is 18.9 Å². The van der Waals surface area contributed by atoms with E-state index in [0.717, 1.165) is 30.3 Å². The molecule has 0 aromatic carbocycles. The van der Waals surface area contributed by atoms with Crippen LogP contribution in [0.1, 0.15) is 25.7 Å². The summed E-state index contributed by atoms with van der Waals surface area (Å²) in [7, 11) is 2.96. The number of hydrogen-bond acceptors (Lipinski definition) is 5. The normalized spacial score (nSPS) is 14.9. The smallest absolute Gasteiger partial charge is 0.332 e. The first-order valence-electron chi connectivity index (χ1n) is 7.95. The molecule has 24 heavy (non-hydrogen) atoms. The van der Waals surface area contributed by atoms with Gasteiger partial charge in [0.25, 0.3) is 5.56 Å². The molecule has 0 unspecified atom stereocenters. The van der Waals surface area contributed by atoms with Gasteiger partial charge in [0, 0.05) is 19.3 Å². The maximum atomic E-state index is 12.7. The lowest BCUT2D eigenvalue weighted by Gasteiger charge is -2.14. The Hall–Kier alpha value is -2.64. The van der Waals surface area contributed by atoms with E-state index in [0.29, 0.717) is 5.75 Å². The Morgan fingerprint density at radius 3 is 2.75 bits per heavy atom. The number of ether oxygens (including phenoxy) is 1. The van der Waals surface area contributed by atoms with E-state index >= 15 is 0 Å². The number of fused-ring (bicyclic) bond motifs is 1. The van der Waals surface area contributed by atoms with Crippen molar-refractivity contribution in [3.63, 3.8) is 0 Å². The summed E-state index contributed by atoms with van der Waals surface area (Å²) in [5, 5.41) is 3.07. The molecule has 8 nitrogen and oxygen atoms in total. The van der Waals surface area contributed by atoms with Crippen LogP contribution in [0.5, 0.6) is 5.75 Å². The van der Waals surface area contributed by atoms with Gasteiger partial charge in [0.05, 0.1) is 7.11 Å². The number of nitrogens with zero attached hydrogens (tertiary/aromatic N) is 3. The predicted octanol–water partition coefficient (Wildman–Crippen LogP) is 0.163. The first-order valence-corrected chi connectivity index (χ1v) is 7.95. The summed E-state index contributed by atoms with van der Waals surface area (Å²) >= 11 is 0. The Bertz CT molecular complexity index is 893. The van der Waals surface area contributed by atoms with Gasteiger partial charge >= 0.3 is 5.69 Å². The summed E-state index contributed by atoms with van der Waals surface area (Å²) in [6, 6.07) is 1.69. The Kier molecular flexibility index (Phi) is 4.37. The molecule has 0 bridgehead atoms. The number of nitrogens with one attached hydrogen (secondary N) is 1. The molecule has 0 radical (unpaired) electrons. The number of carbonyl (C=O) groups is 1. The van der Waals surface area contributed by atoms with Crippen molar-refractivity contribution in [1.29, 1.82) is 0 Å². The van der Waals surface area contributed by atoms with E-state index in [9.17, 15) is 14.4 Å². The third-order valence-corrected chi connectivity index (χ3v) is 4.43. The van der Waals surface area contributed by atoms with Gasteiger partial charge in [0.1, 0.15) is 17.7 Å². The largest absolute Gasteiger partial charge is 0.496 e. The van der Waals surface area contributed by atoms with Gasteiger partial charge in [0.2, 0.25) is 5.91 Å². The van der Waals surface area contributed by atoms with E-state index in [-0.39, 0.29) is 29.5 Å². The lowest BCUT2D eigenvalue weighted by molar-refractivity contribution is -0.122. The van der Waals surface area contributed by atoms with Crippen molar-refractivity contribution in [3.05, 3.63) is 33.1 Å². The first-order chi connectivity index (χ1) is 11.5. The van der Waals surface area contributed by atoms with E-state index < -0.39 is 11.2 Å². The maximum absolute atomic E-state index is 12.7. The molecule has 1 saturated carbocycles. The second kappa shape index (κ2) is 6.46. The summed E-state index contributed by atoms with van der Waals surface area (Å²) in [6.45, 7) is -0.310. The van der Waals surface area contributed by atoms with Gasteiger partial charge in [-0.3, -0.25) is 14.2 Å². The highest BCUT2D eigenvalue weighted by Gasteiger charge is 2.20. The average Bonchev–Trinajstić information content (AvgIpc) is 3.08. The number of methoxy groups -OCH3 is 1. The zero-order valence-corrected chi connectivity index (χ0v) is 13.7. The number of carbonyl (C=O) groups excluding carboxylic acids is 1. The highest BCUT2D eigenvalue weighted by atomic mass is 16.5.